The number of aromatic nitrogens is 1. The normalized spacial score (nSPS) is 26.6. The molecule has 0 amide bonds. The van der Waals surface area contributed by atoms with Gasteiger partial charge >= 0.3 is 5.97 Å². The molecule has 2 aromatic rings. The van der Waals surface area contributed by atoms with Crippen molar-refractivity contribution in [3.63, 3.8) is 0 Å². The lowest BCUT2D eigenvalue weighted by Crippen LogP contribution is -2.51. The minimum absolute atomic E-state index is 0.0502. The molecule has 0 aliphatic carbocycles. The molecule has 2 atom stereocenters. The average molecular weight is 364 g/mol. The van der Waals surface area contributed by atoms with Gasteiger partial charge in [-0.1, -0.05) is 31.5 Å². The van der Waals surface area contributed by atoms with E-state index >= 15 is 0 Å². The van der Waals surface area contributed by atoms with E-state index in [2.05, 4.69) is 46.7 Å². The first kappa shape index (κ1) is 17.1. The Balaban J connectivity index is 1.83. The summed E-state index contributed by atoms with van der Waals surface area (Å²) in [5.74, 6) is -0.183. The van der Waals surface area contributed by atoms with Gasteiger partial charge in [0.2, 0.25) is 0 Å². The van der Waals surface area contributed by atoms with E-state index < -0.39 is 0 Å². The van der Waals surface area contributed by atoms with Crippen LogP contribution in [0.3, 0.4) is 0 Å². The Morgan fingerprint density at radius 3 is 2.93 bits per heavy atom. The van der Waals surface area contributed by atoms with Crippen molar-refractivity contribution in [3.8, 4) is 0 Å². The molecule has 142 valence electrons. The molecule has 1 aromatic heterocycles. The van der Waals surface area contributed by atoms with Crippen LogP contribution in [0, 0.1) is 5.41 Å². The number of carbonyl (C=O) groups is 1. The Hall–Kier alpha value is -2.07. The zero-order valence-electron chi connectivity index (χ0n) is 16.3. The number of carbonyl (C=O) groups excluding carboxylic acids is 1. The molecule has 0 radical (unpaired) electrons. The third kappa shape index (κ3) is 2.29. The Kier molecular flexibility index (Phi) is 3.94. The van der Waals surface area contributed by atoms with Crippen molar-refractivity contribution in [1.82, 2.24) is 9.47 Å². The lowest BCUT2D eigenvalue weighted by molar-refractivity contribution is -0.136. The van der Waals surface area contributed by atoms with Crippen LogP contribution in [0.15, 0.2) is 30.3 Å². The number of fused-ring (bicyclic) bond motifs is 3. The molecule has 1 fully saturated rings. The van der Waals surface area contributed by atoms with E-state index in [1.165, 1.54) is 29.6 Å². The molecule has 2 unspecified atom stereocenters. The molecule has 3 aliphatic rings. The molecular formula is C23H28N2O2. The van der Waals surface area contributed by atoms with Crippen LogP contribution in [0.2, 0.25) is 0 Å². The van der Waals surface area contributed by atoms with Crippen LogP contribution < -0.4 is 0 Å². The predicted octanol–water partition coefficient (Wildman–Crippen LogP) is 4.54. The number of hydrogen-bond donors (Lipinski definition) is 0. The highest BCUT2D eigenvalue weighted by Crippen LogP contribution is 2.57. The highest BCUT2D eigenvalue weighted by molar-refractivity contribution is 6.13. The van der Waals surface area contributed by atoms with Gasteiger partial charge in [-0.05, 0) is 56.9 Å². The second-order valence-electron chi connectivity index (χ2n) is 8.24. The first-order valence-electron chi connectivity index (χ1n) is 10.5. The smallest absolute Gasteiger partial charge is 0.354 e. The van der Waals surface area contributed by atoms with Gasteiger partial charge in [-0.3, -0.25) is 4.90 Å². The average Bonchev–Trinajstić information content (AvgIpc) is 3.02. The Bertz CT molecular complexity index is 937. The Labute approximate surface area is 160 Å². The van der Waals surface area contributed by atoms with Crippen molar-refractivity contribution < 1.29 is 9.53 Å². The number of para-hydroxylation sites is 1. The van der Waals surface area contributed by atoms with Crippen LogP contribution in [-0.2, 0) is 16.0 Å². The first-order chi connectivity index (χ1) is 13.2. The highest BCUT2D eigenvalue weighted by Gasteiger charge is 2.51. The fraction of sp³-hybridized carbons (Fsp3) is 0.522. The third-order valence-electron chi connectivity index (χ3n) is 6.79. The van der Waals surface area contributed by atoms with Crippen LogP contribution in [0.1, 0.15) is 56.8 Å². The maximum absolute atomic E-state index is 13.0. The minimum atomic E-state index is -0.183. The maximum Gasteiger partial charge on any atom is 0.354 e. The van der Waals surface area contributed by atoms with Gasteiger partial charge in [-0.25, -0.2) is 4.79 Å². The number of piperidine rings is 1. The van der Waals surface area contributed by atoms with Gasteiger partial charge in [-0.2, -0.15) is 0 Å². The second kappa shape index (κ2) is 6.23. The minimum Gasteiger partial charge on any atom is -0.461 e. The summed E-state index contributed by atoms with van der Waals surface area (Å²) >= 11 is 0. The SMILES string of the molecule is CCCC12C=C(C(=O)OCC)n3c4c(c5ccccc53)CCN(CCC1)C42. The summed E-state index contributed by atoms with van der Waals surface area (Å²) in [5.41, 5.74) is 4.75. The molecule has 1 saturated heterocycles. The maximum atomic E-state index is 13.0. The van der Waals surface area contributed by atoms with Gasteiger partial charge in [0.25, 0.3) is 0 Å². The molecule has 1 aromatic carbocycles. The zero-order chi connectivity index (χ0) is 18.6. The molecule has 4 heteroatoms. The number of ether oxygens (including phenoxy) is 1. The molecular weight excluding hydrogens is 336 g/mol. The molecule has 0 spiro atoms. The summed E-state index contributed by atoms with van der Waals surface area (Å²) in [5, 5.41) is 1.31. The van der Waals surface area contributed by atoms with Crippen LogP contribution in [-0.4, -0.2) is 35.1 Å². The summed E-state index contributed by atoms with van der Waals surface area (Å²) in [7, 11) is 0. The largest absolute Gasteiger partial charge is 0.461 e. The van der Waals surface area contributed by atoms with Gasteiger partial charge in [0.05, 0.1) is 18.2 Å². The quantitative estimate of drug-likeness (QED) is 0.747. The van der Waals surface area contributed by atoms with Gasteiger partial charge in [0.15, 0.2) is 0 Å². The van der Waals surface area contributed by atoms with Crippen molar-refractivity contribution in [3.05, 3.63) is 41.6 Å². The molecule has 0 N–H and O–H groups in total. The molecule has 3 aliphatic heterocycles. The first-order valence-corrected chi connectivity index (χ1v) is 10.5. The monoisotopic (exact) mass is 364 g/mol. The number of benzene rings is 1. The topological polar surface area (TPSA) is 34.5 Å². The van der Waals surface area contributed by atoms with Crippen LogP contribution in [0.25, 0.3) is 16.6 Å². The zero-order valence-corrected chi connectivity index (χ0v) is 16.3. The lowest BCUT2D eigenvalue weighted by Gasteiger charge is -2.53. The van der Waals surface area contributed by atoms with E-state index in [0.717, 1.165) is 43.4 Å². The van der Waals surface area contributed by atoms with Crippen molar-refractivity contribution in [1.29, 1.82) is 0 Å². The van der Waals surface area contributed by atoms with E-state index in [1.54, 1.807) is 0 Å². The van der Waals surface area contributed by atoms with Crippen molar-refractivity contribution in [2.75, 3.05) is 19.7 Å². The summed E-state index contributed by atoms with van der Waals surface area (Å²) in [6, 6.07) is 8.96. The summed E-state index contributed by atoms with van der Waals surface area (Å²) in [6.07, 6.45) is 7.98. The van der Waals surface area contributed by atoms with E-state index in [4.69, 9.17) is 4.74 Å². The standard InChI is InChI=1S/C23H28N2O2/c1-3-11-23-12-7-13-24-14-10-17-16-8-5-6-9-18(16)25(20(17)21(23)24)19(15-23)22(26)27-4-2/h5-6,8-9,15,21H,3-4,7,10-14H2,1-2H3. The fourth-order valence-corrected chi connectivity index (χ4v) is 5.96. The van der Waals surface area contributed by atoms with E-state index in [-0.39, 0.29) is 11.4 Å². The van der Waals surface area contributed by atoms with Gasteiger partial charge < -0.3 is 9.30 Å². The van der Waals surface area contributed by atoms with Crippen LogP contribution in [0.5, 0.6) is 0 Å². The summed E-state index contributed by atoms with van der Waals surface area (Å²) in [4.78, 5) is 15.7. The second-order valence-corrected chi connectivity index (χ2v) is 8.24. The summed E-state index contributed by atoms with van der Waals surface area (Å²) in [6.45, 7) is 6.85. The van der Waals surface area contributed by atoms with Gasteiger partial charge in [-0.15, -0.1) is 0 Å². The Morgan fingerprint density at radius 1 is 1.26 bits per heavy atom. The molecule has 4 heterocycles. The van der Waals surface area contributed by atoms with Gasteiger partial charge in [0.1, 0.15) is 5.70 Å². The number of esters is 1. The highest BCUT2D eigenvalue weighted by atomic mass is 16.5. The fourth-order valence-electron chi connectivity index (χ4n) is 5.96. The summed E-state index contributed by atoms with van der Waals surface area (Å²) < 4.78 is 7.74. The van der Waals surface area contributed by atoms with Crippen LogP contribution >= 0.6 is 0 Å². The number of hydrogen-bond acceptors (Lipinski definition) is 3. The molecule has 0 saturated carbocycles. The number of rotatable bonds is 4. The third-order valence-corrected chi connectivity index (χ3v) is 6.79. The number of nitrogens with zero attached hydrogens (tertiary/aromatic N) is 2. The van der Waals surface area contributed by atoms with E-state index in [1.807, 2.05) is 6.92 Å². The van der Waals surface area contributed by atoms with Crippen molar-refractivity contribution in [2.24, 2.45) is 5.41 Å². The Morgan fingerprint density at radius 2 is 2.11 bits per heavy atom. The van der Waals surface area contributed by atoms with E-state index in [0.29, 0.717) is 12.6 Å². The van der Waals surface area contributed by atoms with Crippen molar-refractivity contribution in [2.45, 2.75) is 52.0 Å². The lowest BCUT2D eigenvalue weighted by atomic mass is 9.65. The van der Waals surface area contributed by atoms with Crippen molar-refractivity contribution >= 4 is 22.6 Å². The van der Waals surface area contributed by atoms with Gasteiger partial charge in [0, 0.05) is 23.0 Å². The van der Waals surface area contributed by atoms with Crippen LogP contribution in [0.4, 0.5) is 0 Å². The molecule has 0 bridgehead atoms. The molecule has 4 nitrogen and oxygen atoms in total. The molecule has 27 heavy (non-hydrogen) atoms. The predicted molar refractivity (Wildman–Crippen MR) is 107 cm³/mol. The molecule has 5 rings (SSSR count). The van der Waals surface area contributed by atoms with E-state index in [9.17, 15) is 4.79 Å².